The molecule has 37 heavy (non-hydrogen) atoms. The summed E-state index contributed by atoms with van der Waals surface area (Å²) in [6, 6.07) is 20.9. The van der Waals surface area contributed by atoms with E-state index in [1.165, 1.54) is 11.9 Å². The lowest BCUT2D eigenvalue weighted by atomic mass is 10.0. The fourth-order valence-electron chi connectivity index (χ4n) is 4.21. The molecule has 0 aliphatic rings. The number of rotatable bonds is 10. The van der Waals surface area contributed by atoms with Crippen molar-refractivity contribution in [2.75, 3.05) is 24.2 Å². The van der Waals surface area contributed by atoms with Crippen LogP contribution in [0.3, 0.4) is 0 Å². The number of carbonyl (C=O) groups excluding carboxylic acids is 2. The van der Waals surface area contributed by atoms with Crippen molar-refractivity contribution in [1.82, 2.24) is 10.2 Å². The van der Waals surface area contributed by atoms with E-state index in [4.69, 9.17) is 11.6 Å². The lowest BCUT2D eigenvalue weighted by Crippen LogP contribution is -2.53. The van der Waals surface area contributed by atoms with Crippen molar-refractivity contribution < 1.29 is 18.0 Å². The first-order chi connectivity index (χ1) is 17.5. The maximum atomic E-state index is 13.9. The number of carbonyl (C=O) groups is 2. The van der Waals surface area contributed by atoms with Crippen molar-refractivity contribution in [1.29, 1.82) is 0 Å². The molecule has 2 amide bonds. The Hall–Kier alpha value is -3.36. The molecule has 0 saturated carbocycles. The normalized spacial score (nSPS) is 12.0. The molecule has 0 saturated heterocycles. The van der Waals surface area contributed by atoms with Gasteiger partial charge in [0.25, 0.3) is 0 Å². The number of sulfonamides is 1. The van der Waals surface area contributed by atoms with Gasteiger partial charge in [0.05, 0.1) is 11.9 Å². The fourth-order valence-corrected chi connectivity index (χ4v) is 5.31. The van der Waals surface area contributed by atoms with Crippen LogP contribution in [0, 0.1) is 13.8 Å². The van der Waals surface area contributed by atoms with E-state index in [1.54, 1.807) is 43.3 Å². The van der Waals surface area contributed by atoms with Crippen LogP contribution < -0.4 is 9.62 Å². The molecular weight excluding hydrogens is 510 g/mol. The molecule has 1 atom stereocenters. The monoisotopic (exact) mass is 541 g/mol. The van der Waals surface area contributed by atoms with Gasteiger partial charge in [-0.3, -0.25) is 13.9 Å². The van der Waals surface area contributed by atoms with E-state index in [9.17, 15) is 18.0 Å². The lowest BCUT2D eigenvalue weighted by molar-refractivity contribution is -0.139. The zero-order chi connectivity index (χ0) is 27.2. The third-order valence-corrected chi connectivity index (χ3v) is 7.61. The van der Waals surface area contributed by atoms with Crippen molar-refractivity contribution in [2.45, 2.75) is 32.9 Å². The summed E-state index contributed by atoms with van der Waals surface area (Å²) in [4.78, 5) is 28.4. The lowest BCUT2D eigenvalue weighted by Gasteiger charge is -2.33. The number of likely N-dealkylation sites (N-methyl/N-ethyl adjacent to an activating group) is 1. The van der Waals surface area contributed by atoms with Gasteiger partial charge in [-0.25, -0.2) is 8.42 Å². The summed E-state index contributed by atoms with van der Waals surface area (Å²) in [6.07, 6.45) is 1.32. The molecular formula is C28H32ClN3O4S. The Balaban J connectivity index is 2.06. The molecule has 3 aromatic carbocycles. The average Bonchev–Trinajstić information content (AvgIpc) is 2.85. The smallest absolute Gasteiger partial charge is 0.244 e. The number of benzene rings is 3. The van der Waals surface area contributed by atoms with Crippen LogP contribution in [0.25, 0.3) is 0 Å². The van der Waals surface area contributed by atoms with Crippen molar-refractivity contribution in [3.8, 4) is 0 Å². The van der Waals surface area contributed by atoms with Crippen LogP contribution in [0.4, 0.5) is 5.69 Å². The molecule has 196 valence electrons. The SMILES string of the molecule is CNC(=O)[C@H](Cc1ccccc1)N(Cc1ccccc1Cl)C(=O)CN(c1ccc(C)cc1C)S(C)(=O)=O. The third-order valence-electron chi connectivity index (χ3n) is 6.12. The molecule has 3 aromatic rings. The highest BCUT2D eigenvalue weighted by atomic mass is 35.5. The second-order valence-electron chi connectivity index (χ2n) is 8.99. The van der Waals surface area contributed by atoms with Gasteiger partial charge in [-0.05, 0) is 42.7 Å². The Bertz CT molecular complexity index is 1360. The number of anilines is 1. The largest absolute Gasteiger partial charge is 0.357 e. The Morgan fingerprint density at radius 1 is 0.973 bits per heavy atom. The molecule has 0 radical (unpaired) electrons. The summed E-state index contributed by atoms with van der Waals surface area (Å²) >= 11 is 6.42. The number of nitrogens with zero attached hydrogens (tertiary/aromatic N) is 2. The minimum absolute atomic E-state index is 0.0356. The Morgan fingerprint density at radius 3 is 2.22 bits per heavy atom. The van der Waals surface area contributed by atoms with Crippen LogP contribution in [0.15, 0.2) is 72.8 Å². The van der Waals surface area contributed by atoms with Gasteiger partial charge in [0.1, 0.15) is 12.6 Å². The maximum absolute atomic E-state index is 13.9. The Labute approximate surface area is 224 Å². The summed E-state index contributed by atoms with van der Waals surface area (Å²) < 4.78 is 26.8. The number of halogens is 1. The number of nitrogens with one attached hydrogen (secondary N) is 1. The van der Waals surface area contributed by atoms with Crippen LogP contribution in [0.2, 0.25) is 5.02 Å². The van der Waals surface area contributed by atoms with Gasteiger partial charge in [0.15, 0.2) is 0 Å². The molecule has 3 rings (SSSR count). The van der Waals surface area contributed by atoms with Crippen molar-refractivity contribution in [2.24, 2.45) is 0 Å². The highest BCUT2D eigenvalue weighted by Gasteiger charge is 2.33. The molecule has 0 bridgehead atoms. The van der Waals surface area contributed by atoms with Gasteiger partial charge in [-0.2, -0.15) is 0 Å². The molecule has 0 heterocycles. The van der Waals surface area contributed by atoms with E-state index in [1.807, 2.05) is 43.3 Å². The highest BCUT2D eigenvalue weighted by molar-refractivity contribution is 7.92. The van der Waals surface area contributed by atoms with Gasteiger partial charge < -0.3 is 10.2 Å². The van der Waals surface area contributed by atoms with Crippen LogP contribution in [-0.4, -0.2) is 51.0 Å². The molecule has 0 aliphatic heterocycles. The van der Waals surface area contributed by atoms with E-state index in [0.29, 0.717) is 16.3 Å². The summed E-state index contributed by atoms with van der Waals surface area (Å²) in [6.45, 7) is 3.29. The highest BCUT2D eigenvalue weighted by Crippen LogP contribution is 2.25. The predicted octanol–water partition coefficient (Wildman–Crippen LogP) is 4.11. The Morgan fingerprint density at radius 2 is 1.62 bits per heavy atom. The molecule has 0 unspecified atom stereocenters. The summed E-state index contributed by atoms with van der Waals surface area (Å²) in [5.41, 5.74) is 3.63. The zero-order valence-electron chi connectivity index (χ0n) is 21.4. The van der Waals surface area contributed by atoms with Crippen LogP contribution in [-0.2, 0) is 32.6 Å². The maximum Gasteiger partial charge on any atom is 0.244 e. The third kappa shape index (κ3) is 7.33. The van der Waals surface area contributed by atoms with Gasteiger partial charge in [-0.1, -0.05) is 77.8 Å². The van der Waals surface area contributed by atoms with Gasteiger partial charge in [-0.15, -0.1) is 0 Å². The zero-order valence-corrected chi connectivity index (χ0v) is 23.0. The van der Waals surface area contributed by atoms with Crippen LogP contribution >= 0.6 is 11.6 Å². The number of hydrogen-bond acceptors (Lipinski definition) is 4. The second kappa shape index (κ2) is 12.3. The van der Waals surface area contributed by atoms with Crippen molar-refractivity contribution in [3.63, 3.8) is 0 Å². The summed E-state index contributed by atoms with van der Waals surface area (Å²) in [5, 5.41) is 3.10. The fraction of sp³-hybridized carbons (Fsp3) is 0.286. The first kappa shape index (κ1) is 28.2. The minimum atomic E-state index is -3.81. The summed E-state index contributed by atoms with van der Waals surface area (Å²) in [5.74, 6) is -0.878. The van der Waals surface area contributed by atoms with E-state index >= 15 is 0 Å². The van der Waals surface area contributed by atoms with Gasteiger partial charge in [0, 0.05) is 25.0 Å². The van der Waals surface area contributed by atoms with Crippen molar-refractivity contribution >= 4 is 39.1 Å². The molecule has 0 fully saturated rings. The molecule has 7 nitrogen and oxygen atoms in total. The van der Waals surface area contributed by atoms with E-state index in [0.717, 1.165) is 27.3 Å². The second-order valence-corrected chi connectivity index (χ2v) is 11.3. The molecule has 0 aliphatic carbocycles. The minimum Gasteiger partial charge on any atom is -0.357 e. The van der Waals surface area contributed by atoms with Gasteiger partial charge >= 0.3 is 0 Å². The first-order valence-electron chi connectivity index (χ1n) is 11.8. The molecule has 0 aromatic heterocycles. The average molecular weight is 542 g/mol. The summed E-state index contributed by atoms with van der Waals surface area (Å²) in [7, 11) is -2.30. The Kier molecular flexibility index (Phi) is 9.34. The number of aryl methyl sites for hydroxylation is 2. The van der Waals surface area contributed by atoms with Gasteiger partial charge in [0.2, 0.25) is 21.8 Å². The van der Waals surface area contributed by atoms with E-state index in [2.05, 4.69) is 5.32 Å². The van der Waals surface area contributed by atoms with Crippen LogP contribution in [0.5, 0.6) is 0 Å². The standard InChI is InChI=1S/C28H32ClN3O4S/c1-20-14-15-25(21(2)16-20)32(37(4,35)36)19-27(33)31(18-23-12-8-9-13-24(23)29)26(28(34)30-3)17-22-10-6-5-7-11-22/h5-16,26H,17-19H2,1-4H3,(H,30,34)/t26-/m0/s1. The number of amides is 2. The van der Waals surface area contributed by atoms with Crippen LogP contribution in [0.1, 0.15) is 22.3 Å². The molecule has 1 N–H and O–H groups in total. The number of hydrogen-bond donors (Lipinski definition) is 1. The van der Waals surface area contributed by atoms with Crippen molar-refractivity contribution in [3.05, 3.63) is 100 Å². The topological polar surface area (TPSA) is 86.8 Å². The van der Waals surface area contributed by atoms with E-state index in [-0.39, 0.29) is 18.9 Å². The molecule has 0 spiro atoms. The van der Waals surface area contributed by atoms with E-state index < -0.39 is 28.5 Å². The quantitative estimate of drug-likeness (QED) is 0.418. The predicted molar refractivity (Wildman–Crippen MR) is 148 cm³/mol. The molecule has 9 heteroatoms. The first-order valence-corrected chi connectivity index (χ1v) is 14.1.